The van der Waals surface area contributed by atoms with Crippen LogP contribution < -0.4 is 20.3 Å². The van der Waals surface area contributed by atoms with E-state index in [2.05, 4.69) is 26.6 Å². The van der Waals surface area contributed by atoms with Crippen molar-refractivity contribution in [3.63, 3.8) is 0 Å². The summed E-state index contributed by atoms with van der Waals surface area (Å²) in [4.78, 5) is 38.5. The lowest BCUT2D eigenvalue weighted by Gasteiger charge is -2.30. The van der Waals surface area contributed by atoms with Gasteiger partial charge in [-0.3, -0.25) is 19.3 Å². The van der Waals surface area contributed by atoms with Crippen molar-refractivity contribution in [2.45, 2.75) is 12.5 Å². The van der Waals surface area contributed by atoms with Crippen LogP contribution in [0.25, 0.3) is 0 Å². The van der Waals surface area contributed by atoms with Gasteiger partial charge in [0.2, 0.25) is 11.8 Å². The lowest BCUT2D eigenvalue weighted by molar-refractivity contribution is -0.127. The third-order valence-electron chi connectivity index (χ3n) is 4.57. The summed E-state index contributed by atoms with van der Waals surface area (Å²) in [7, 11) is 0. The Bertz CT molecular complexity index is 997. The van der Waals surface area contributed by atoms with Crippen LogP contribution in [0.1, 0.15) is 5.56 Å². The Labute approximate surface area is 174 Å². The molecule has 2 heterocycles. The summed E-state index contributed by atoms with van der Waals surface area (Å²) >= 11 is 9.38. The summed E-state index contributed by atoms with van der Waals surface area (Å²) in [6, 6.07) is 9.75. The largest absolute Gasteiger partial charge is 0.482 e. The topological polar surface area (TPSA) is 87.7 Å². The van der Waals surface area contributed by atoms with Gasteiger partial charge in [0, 0.05) is 21.6 Å². The number of halogens is 2. The number of carbonyl (C=O) groups is 3. The van der Waals surface area contributed by atoms with Crippen LogP contribution in [-0.4, -0.2) is 36.9 Å². The molecule has 3 amide bonds. The van der Waals surface area contributed by atoms with Crippen molar-refractivity contribution in [2.75, 3.05) is 23.4 Å². The van der Waals surface area contributed by atoms with Crippen LogP contribution in [0.15, 0.2) is 40.9 Å². The second kappa shape index (κ2) is 7.44. The molecule has 4 rings (SSSR count). The first-order valence-corrected chi connectivity index (χ1v) is 9.69. The van der Waals surface area contributed by atoms with E-state index in [9.17, 15) is 14.4 Å². The number of hydrogen-bond acceptors (Lipinski definition) is 4. The highest BCUT2D eigenvalue weighted by Crippen LogP contribution is 2.34. The fraction of sp³-hybridized carbons (Fsp3) is 0.211. The van der Waals surface area contributed by atoms with Crippen molar-refractivity contribution in [3.8, 4) is 5.75 Å². The summed E-state index contributed by atoms with van der Waals surface area (Å²) in [6.45, 7) is -0.388. The van der Waals surface area contributed by atoms with Crippen molar-refractivity contribution in [2.24, 2.45) is 0 Å². The molecule has 2 aliphatic heterocycles. The molecular weight excluding hydrogens is 450 g/mol. The maximum atomic E-state index is 12.6. The van der Waals surface area contributed by atoms with Gasteiger partial charge in [0.15, 0.2) is 6.61 Å². The predicted molar refractivity (Wildman–Crippen MR) is 108 cm³/mol. The first-order chi connectivity index (χ1) is 13.4. The molecule has 144 valence electrons. The maximum absolute atomic E-state index is 12.6. The number of anilines is 2. The fourth-order valence-electron chi connectivity index (χ4n) is 3.22. The number of carbonyl (C=O) groups excluding carboxylic acids is 3. The van der Waals surface area contributed by atoms with E-state index >= 15 is 0 Å². The standard InChI is InChI=1S/C19H15BrClN3O4/c20-11-2-1-10-5-14(19(27)23-13(10)6-11)22-17(25)8-24-15-7-12(21)3-4-16(15)28-9-18(24)26/h1-4,6-7,14H,5,8-9H2,(H,22,25)(H,23,27). The number of hydrogen-bond donors (Lipinski definition) is 2. The number of benzene rings is 2. The van der Waals surface area contributed by atoms with E-state index in [0.717, 1.165) is 15.7 Å². The average Bonchev–Trinajstić information content (AvgIpc) is 2.65. The SMILES string of the molecule is O=C(CN1C(=O)COc2ccc(Cl)cc21)NC1Cc2ccc(Br)cc2NC1=O. The van der Waals surface area contributed by atoms with Gasteiger partial charge in [-0.25, -0.2) is 0 Å². The molecule has 0 saturated heterocycles. The number of nitrogens with one attached hydrogen (secondary N) is 2. The molecule has 2 aliphatic rings. The second-order valence-corrected chi connectivity index (χ2v) is 7.85. The summed E-state index contributed by atoms with van der Waals surface area (Å²) in [5.74, 6) is -0.613. The Morgan fingerprint density at radius 3 is 2.93 bits per heavy atom. The van der Waals surface area contributed by atoms with Crippen molar-refractivity contribution < 1.29 is 19.1 Å². The smallest absolute Gasteiger partial charge is 0.265 e. The molecule has 0 saturated carbocycles. The molecule has 0 bridgehead atoms. The molecule has 0 aliphatic carbocycles. The van der Waals surface area contributed by atoms with Crippen molar-refractivity contribution >= 4 is 56.6 Å². The minimum atomic E-state index is -0.712. The van der Waals surface area contributed by atoms with Gasteiger partial charge in [-0.05, 0) is 35.9 Å². The minimum Gasteiger partial charge on any atom is -0.482 e. The molecular formula is C19H15BrClN3O4. The Morgan fingerprint density at radius 2 is 2.11 bits per heavy atom. The van der Waals surface area contributed by atoms with E-state index in [1.807, 2.05) is 18.2 Å². The highest BCUT2D eigenvalue weighted by molar-refractivity contribution is 9.10. The third kappa shape index (κ3) is 3.70. The summed E-state index contributed by atoms with van der Waals surface area (Å²) < 4.78 is 6.23. The molecule has 0 fully saturated rings. The van der Waals surface area contributed by atoms with E-state index < -0.39 is 11.9 Å². The summed E-state index contributed by atoms with van der Waals surface area (Å²) in [5.41, 5.74) is 2.08. The van der Waals surface area contributed by atoms with Crippen LogP contribution in [0.4, 0.5) is 11.4 Å². The molecule has 1 unspecified atom stereocenters. The normalized spacial score (nSPS) is 17.9. The lowest BCUT2D eigenvalue weighted by atomic mass is 9.99. The Kier molecular flexibility index (Phi) is 4.99. The van der Waals surface area contributed by atoms with Gasteiger partial charge in [-0.15, -0.1) is 0 Å². The van der Waals surface area contributed by atoms with Gasteiger partial charge in [0.1, 0.15) is 18.3 Å². The molecule has 1 atom stereocenters. The van der Waals surface area contributed by atoms with E-state index in [4.69, 9.17) is 16.3 Å². The second-order valence-electron chi connectivity index (χ2n) is 6.50. The van der Waals surface area contributed by atoms with Gasteiger partial charge in [-0.2, -0.15) is 0 Å². The van der Waals surface area contributed by atoms with Gasteiger partial charge in [0.25, 0.3) is 5.91 Å². The van der Waals surface area contributed by atoms with Crippen LogP contribution in [0.2, 0.25) is 5.02 Å². The monoisotopic (exact) mass is 463 g/mol. The molecule has 0 radical (unpaired) electrons. The molecule has 28 heavy (non-hydrogen) atoms. The van der Waals surface area contributed by atoms with Crippen molar-refractivity contribution in [1.82, 2.24) is 5.32 Å². The van der Waals surface area contributed by atoms with Gasteiger partial charge in [0.05, 0.1) is 5.69 Å². The molecule has 7 nitrogen and oxygen atoms in total. The zero-order valence-electron chi connectivity index (χ0n) is 14.5. The summed E-state index contributed by atoms with van der Waals surface area (Å²) in [6.07, 6.45) is 0.375. The van der Waals surface area contributed by atoms with E-state index in [0.29, 0.717) is 22.9 Å². The number of rotatable bonds is 3. The number of fused-ring (bicyclic) bond motifs is 2. The average molecular weight is 465 g/mol. The minimum absolute atomic E-state index is 0.159. The van der Waals surface area contributed by atoms with Gasteiger partial charge < -0.3 is 15.4 Å². The molecule has 2 aromatic carbocycles. The third-order valence-corrected chi connectivity index (χ3v) is 5.30. The quantitative estimate of drug-likeness (QED) is 0.731. The molecule has 2 N–H and O–H groups in total. The van der Waals surface area contributed by atoms with Crippen LogP contribution in [-0.2, 0) is 20.8 Å². The lowest BCUT2D eigenvalue weighted by Crippen LogP contribution is -2.52. The van der Waals surface area contributed by atoms with E-state index in [-0.39, 0.29) is 25.0 Å². The Morgan fingerprint density at radius 1 is 1.29 bits per heavy atom. The number of nitrogens with zero attached hydrogens (tertiary/aromatic N) is 1. The van der Waals surface area contributed by atoms with Gasteiger partial charge in [-0.1, -0.05) is 33.6 Å². The van der Waals surface area contributed by atoms with Crippen molar-refractivity contribution in [3.05, 3.63) is 51.5 Å². The molecule has 0 aromatic heterocycles. The Balaban J connectivity index is 1.48. The Hall–Kier alpha value is -2.58. The van der Waals surface area contributed by atoms with Crippen LogP contribution >= 0.6 is 27.5 Å². The first-order valence-electron chi connectivity index (χ1n) is 8.52. The first kappa shape index (κ1) is 18.8. The van der Waals surface area contributed by atoms with E-state index in [1.165, 1.54) is 4.90 Å². The number of ether oxygens (including phenoxy) is 1. The van der Waals surface area contributed by atoms with E-state index in [1.54, 1.807) is 18.2 Å². The van der Waals surface area contributed by atoms with Crippen LogP contribution in [0, 0.1) is 0 Å². The van der Waals surface area contributed by atoms with Crippen LogP contribution in [0.3, 0.4) is 0 Å². The number of amides is 3. The highest BCUT2D eigenvalue weighted by Gasteiger charge is 2.31. The zero-order chi connectivity index (χ0) is 19.8. The zero-order valence-corrected chi connectivity index (χ0v) is 16.8. The maximum Gasteiger partial charge on any atom is 0.265 e. The molecule has 9 heteroatoms. The molecule has 2 aromatic rings. The predicted octanol–water partition coefficient (Wildman–Crippen LogP) is 2.51. The summed E-state index contributed by atoms with van der Waals surface area (Å²) in [5, 5.41) is 5.92. The fourth-order valence-corrected chi connectivity index (χ4v) is 3.75. The van der Waals surface area contributed by atoms with Crippen LogP contribution in [0.5, 0.6) is 5.75 Å². The van der Waals surface area contributed by atoms with Crippen molar-refractivity contribution in [1.29, 1.82) is 0 Å². The molecule has 0 spiro atoms. The highest BCUT2D eigenvalue weighted by atomic mass is 79.9. The van der Waals surface area contributed by atoms with Gasteiger partial charge >= 0.3 is 0 Å².